The Balaban J connectivity index is 0.00000341. The maximum absolute atomic E-state index is 11.4. The summed E-state index contributed by atoms with van der Waals surface area (Å²) in [6.07, 6.45) is 2.14. The van der Waals surface area contributed by atoms with Crippen LogP contribution in [0, 0.1) is 0 Å². The van der Waals surface area contributed by atoms with E-state index in [1.807, 2.05) is 37.3 Å². The molecule has 1 amide bonds. The highest BCUT2D eigenvalue weighted by molar-refractivity contribution is 14.0. The van der Waals surface area contributed by atoms with E-state index in [9.17, 15) is 4.79 Å². The van der Waals surface area contributed by atoms with Crippen LogP contribution in [0.5, 0.6) is 11.5 Å². The fourth-order valence-corrected chi connectivity index (χ4v) is 3.22. The Labute approximate surface area is 201 Å². The van der Waals surface area contributed by atoms with Crippen molar-refractivity contribution < 1.29 is 14.3 Å². The fourth-order valence-electron chi connectivity index (χ4n) is 3.22. The van der Waals surface area contributed by atoms with Gasteiger partial charge in [-0.3, -0.25) is 9.79 Å². The quantitative estimate of drug-likeness (QED) is 0.198. The number of anilines is 1. The lowest BCUT2D eigenvalue weighted by molar-refractivity contribution is -0.116. The summed E-state index contributed by atoms with van der Waals surface area (Å²) in [5.41, 5.74) is 3.23. The molecule has 3 rings (SSSR count). The van der Waals surface area contributed by atoms with Gasteiger partial charge in [-0.2, -0.15) is 0 Å². The standard InChI is InChI=1S/C23H30N4O3.HI/c1-3-24-23(25-13-12-17-4-7-19(29-2)8-5-17)26-14-15-30-20-9-10-21-18(16-20)6-11-22(28)27-21;/h4-5,7-10,16H,3,6,11-15H2,1-2H3,(H,27,28)(H2,24,25,26);1H. The second-order valence-corrected chi connectivity index (χ2v) is 7.00. The molecule has 0 fully saturated rings. The van der Waals surface area contributed by atoms with Gasteiger partial charge in [0.05, 0.1) is 13.7 Å². The number of nitrogens with zero attached hydrogens (tertiary/aromatic N) is 1. The van der Waals surface area contributed by atoms with E-state index < -0.39 is 0 Å². The summed E-state index contributed by atoms with van der Waals surface area (Å²) in [5.74, 6) is 2.53. The van der Waals surface area contributed by atoms with Crippen molar-refractivity contribution in [2.45, 2.75) is 26.2 Å². The molecule has 0 aromatic heterocycles. The monoisotopic (exact) mass is 538 g/mol. The van der Waals surface area contributed by atoms with Crippen LogP contribution in [0.3, 0.4) is 0 Å². The summed E-state index contributed by atoms with van der Waals surface area (Å²) >= 11 is 0. The molecule has 1 heterocycles. The zero-order valence-corrected chi connectivity index (χ0v) is 20.4. The van der Waals surface area contributed by atoms with Crippen LogP contribution in [-0.4, -0.2) is 45.2 Å². The number of aryl methyl sites for hydroxylation is 1. The van der Waals surface area contributed by atoms with E-state index in [0.29, 0.717) is 26.1 Å². The first kappa shape index (κ1) is 24.8. The van der Waals surface area contributed by atoms with Gasteiger partial charge in [-0.25, -0.2) is 0 Å². The van der Waals surface area contributed by atoms with Crippen molar-refractivity contribution in [2.75, 3.05) is 38.7 Å². The number of halogens is 1. The number of rotatable bonds is 9. The summed E-state index contributed by atoms with van der Waals surface area (Å²) in [7, 11) is 1.67. The molecule has 0 saturated carbocycles. The lowest BCUT2D eigenvalue weighted by Gasteiger charge is -2.18. The first-order valence-corrected chi connectivity index (χ1v) is 10.4. The smallest absolute Gasteiger partial charge is 0.224 e. The van der Waals surface area contributed by atoms with Crippen LogP contribution in [0.4, 0.5) is 5.69 Å². The molecule has 31 heavy (non-hydrogen) atoms. The molecule has 1 aliphatic heterocycles. The molecule has 0 spiro atoms. The number of nitrogens with one attached hydrogen (secondary N) is 3. The van der Waals surface area contributed by atoms with E-state index in [2.05, 4.69) is 33.1 Å². The normalized spacial score (nSPS) is 12.8. The van der Waals surface area contributed by atoms with E-state index >= 15 is 0 Å². The molecule has 0 unspecified atom stereocenters. The Morgan fingerprint density at radius 3 is 2.61 bits per heavy atom. The number of methoxy groups -OCH3 is 1. The average molecular weight is 538 g/mol. The van der Waals surface area contributed by atoms with Crippen molar-refractivity contribution in [3.63, 3.8) is 0 Å². The zero-order valence-electron chi connectivity index (χ0n) is 18.1. The number of benzene rings is 2. The summed E-state index contributed by atoms with van der Waals surface area (Å²) in [6.45, 7) is 4.70. The Hall–Kier alpha value is -2.49. The number of guanidine groups is 1. The Kier molecular flexibility index (Phi) is 10.4. The van der Waals surface area contributed by atoms with Crippen LogP contribution < -0.4 is 25.4 Å². The van der Waals surface area contributed by atoms with E-state index in [4.69, 9.17) is 9.47 Å². The highest BCUT2D eigenvalue weighted by Crippen LogP contribution is 2.26. The molecule has 0 atom stereocenters. The van der Waals surface area contributed by atoms with Crippen molar-refractivity contribution in [3.05, 3.63) is 53.6 Å². The lowest BCUT2D eigenvalue weighted by atomic mass is 10.0. The second-order valence-electron chi connectivity index (χ2n) is 7.00. The van der Waals surface area contributed by atoms with Crippen molar-refractivity contribution in [1.29, 1.82) is 0 Å². The SMILES string of the molecule is CCNC(=NCCc1ccc(OC)cc1)NCCOc1ccc2c(c1)CCC(=O)N2.I. The highest BCUT2D eigenvalue weighted by atomic mass is 127. The molecule has 0 radical (unpaired) electrons. The van der Waals surface area contributed by atoms with Crippen LogP contribution in [0.15, 0.2) is 47.5 Å². The molecule has 3 N–H and O–H groups in total. The number of aliphatic imine (C=N–C) groups is 1. The van der Waals surface area contributed by atoms with E-state index in [-0.39, 0.29) is 29.9 Å². The second kappa shape index (κ2) is 13.0. The summed E-state index contributed by atoms with van der Waals surface area (Å²) < 4.78 is 11.0. The Morgan fingerprint density at radius 2 is 1.87 bits per heavy atom. The van der Waals surface area contributed by atoms with Gasteiger partial charge in [0.2, 0.25) is 5.91 Å². The lowest BCUT2D eigenvalue weighted by Crippen LogP contribution is -2.39. The van der Waals surface area contributed by atoms with Crippen LogP contribution in [0.2, 0.25) is 0 Å². The van der Waals surface area contributed by atoms with Gasteiger partial charge >= 0.3 is 0 Å². The number of amides is 1. The van der Waals surface area contributed by atoms with Gasteiger partial charge in [0.15, 0.2) is 5.96 Å². The zero-order chi connectivity index (χ0) is 21.2. The van der Waals surface area contributed by atoms with Gasteiger partial charge in [-0.15, -0.1) is 24.0 Å². The fraction of sp³-hybridized carbons (Fsp3) is 0.391. The molecule has 0 bridgehead atoms. The number of carbonyl (C=O) groups excluding carboxylic acids is 1. The van der Waals surface area contributed by atoms with Crippen LogP contribution in [-0.2, 0) is 17.6 Å². The summed E-state index contributed by atoms with van der Waals surface area (Å²) in [6, 6.07) is 13.9. The molecule has 1 aliphatic rings. The van der Waals surface area contributed by atoms with E-state index in [0.717, 1.165) is 48.1 Å². The van der Waals surface area contributed by atoms with Crippen molar-refractivity contribution in [3.8, 4) is 11.5 Å². The average Bonchev–Trinajstić information content (AvgIpc) is 2.77. The van der Waals surface area contributed by atoms with Gasteiger partial charge in [0.1, 0.15) is 18.1 Å². The number of hydrogen-bond donors (Lipinski definition) is 3. The minimum atomic E-state index is 0. The van der Waals surface area contributed by atoms with Crippen molar-refractivity contribution in [2.24, 2.45) is 4.99 Å². The molecule has 8 heteroatoms. The Bertz CT molecular complexity index is 872. The predicted molar refractivity (Wildman–Crippen MR) is 135 cm³/mol. The number of fused-ring (bicyclic) bond motifs is 1. The molecule has 2 aromatic rings. The first-order valence-electron chi connectivity index (χ1n) is 10.4. The van der Waals surface area contributed by atoms with Gasteiger partial charge in [0, 0.05) is 25.2 Å². The molecular formula is C23H31IN4O3. The van der Waals surface area contributed by atoms with Gasteiger partial charge in [0.25, 0.3) is 0 Å². The third-order valence-electron chi connectivity index (χ3n) is 4.81. The topological polar surface area (TPSA) is 84.0 Å². The summed E-state index contributed by atoms with van der Waals surface area (Å²) in [4.78, 5) is 16.1. The maximum atomic E-state index is 11.4. The predicted octanol–water partition coefficient (Wildman–Crippen LogP) is 3.37. The number of carbonyl (C=O) groups is 1. The molecule has 0 saturated heterocycles. The van der Waals surface area contributed by atoms with Crippen LogP contribution in [0.1, 0.15) is 24.5 Å². The van der Waals surface area contributed by atoms with Crippen molar-refractivity contribution in [1.82, 2.24) is 10.6 Å². The van der Waals surface area contributed by atoms with E-state index in [1.165, 1.54) is 5.56 Å². The van der Waals surface area contributed by atoms with Gasteiger partial charge in [-0.1, -0.05) is 12.1 Å². The van der Waals surface area contributed by atoms with Gasteiger partial charge in [-0.05, 0) is 61.2 Å². The van der Waals surface area contributed by atoms with Crippen LogP contribution in [0.25, 0.3) is 0 Å². The van der Waals surface area contributed by atoms with Gasteiger partial charge < -0.3 is 25.4 Å². The number of hydrogen-bond acceptors (Lipinski definition) is 4. The number of ether oxygens (including phenoxy) is 2. The third-order valence-corrected chi connectivity index (χ3v) is 4.81. The minimum Gasteiger partial charge on any atom is -0.497 e. The molecule has 7 nitrogen and oxygen atoms in total. The third kappa shape index (κ3) is 7.93. The molecule has 168 valence electrons. The largest absolute Gasteiger partial charge is 0.497 e. The maximum Gasteiger partial charge on any atom is 0.224 e. The molecule has 0 aliphatic carbocycles. The molecular weight excluding hydrogens is 507 g/mol. The summed E-state index contributed by atoms with van der Waals surface area (Å²) in [5, 5.41) is 9.44. The van der Waals surface area contributed by atoms with Crippen LogP contribution >= 0.6 is 24.0 Å². The highest BCUT2D eigenvalue weighted by Gasteiger charge is 2.14. The first-order chi connectivity index (χ1) is 14.7. The Morgan fingerprint density at radius 1 is 1.10 bits per heavy atom. The van der Waals surface area contributed by atoms with E-state index in [1.54, 1.807) is 7.11 Å². The minimum absolute atomic E-state index is 0. The molecule has 2 aromatic carbocycles. The van der Waals surface area contributed by atoms with Crippen molar-refractivity contribution >= 4 is 41.5 Å².